The Bertz CT molecular complexity index is 706. The van der Waals surface area contributed by atoms with Gasteiger partial charge in [-0.25, -0.2) is 4.79 Å². The van der Waals surface area contributed by atoms with E-state index in [0.717, 1.165) is 0 Å². The maximum atomic E-state index is 10.7. The molecular weight excluding hydrogens is 268 g/mol. The molecule has 19 heavy (non-hydrogen) atoms. The van der Waals surface area contributed by atoms with Gasteiger partial charge >= 0.3 is 5.97 Å². The number of aromatic nitrogens is 4. The summed E-state index contributed by atoms with van der Waals surface area (Å²) in [6.45, 7) is 0. The van der Waals surface area contributed by atoms with Crippen LogP contribution in [0.3, 0.4) is 0 Å². The Labute approximate surface area is 110 Å². The van der Waals surface area contributed by atoms with E-state index in [-0.39, 0.29) is 11.5 Å². The Balaban J connectivity index is 1.92. The summed E-state index contributed by atoms with van der Waals surface area (Å²) in [6, 6.07) is 6.21. The lowest BCUT2D eigenvalue weighted by molar-refractivity contribution is 0.0697. The minimum absolute atomic E-state index is 0.205. The molecule has 1 N–H and O–H groups in total. The second-order valence-corrected chi connectivity index (χ2v) is 4.21. The van der Waals surface area contributed by atoms with E-state index in [0.29, 0.717) is 17.1 Å². The highest BCUT2D eigenvalue weighted by molar-refractivity contribution is 7.03. The van der Waals surface area contributed by atoms with E-state index in [1.807, 2.05) is 0 Å². The van der Waals surface area contributed by atoms with E-state index in [2.05, 4.69) is 19.7 Å². The molecule has 0 amide bonds. The van der Waals surface area contributed by atoms with E-state index >= 15 is 0 Å². The Hall–Kier alpha value is -2.61. The number of benzene rings is 1. The molecule has 2 heterocycles. The SMILES string of the molecule is O=C(O)c1ccc(-c2noc(-c3csnn3)n2)cc1. The van der Waals surface area contributed by atoms with Gasteiger partial charge < -0.3 is 9.63 Å². The molecule has 3 aromatic rings. The van der Waals surface area contributed by atoms with Gasteiger partial charge in [-0.1, -0.05) is 21.8 Å². The van der Waals surface area contributed by atoms with Gasteiger partial charge in [0.2, 0.25) is 5.82 Å². The Morgan fingerprint density at radius 2 is 2.05 bits per heavy atom. The van der Waals surface area contributed by atoms with Crippen molar-refractivity contribution >= 4 is 17.5 Å². The number of hydrogen-bond donors (Lipinski definition) is 1. The second-order valence-electron chi connectivity index (χ2n) is 3.60. The van der Waals surface area contributed by atoms with Crippen molar-refractivity contribution in [3.8, 4) is 23.0 Å². The topological polar surface area (TPSA) is 102 Å². The first-order chi connectivity index (χ1) is 9.24. The quantitative estimate of drug-likeness (QED) is 0.778. The zero-order valence-corrected chi connectivity index (χ0v) is 10.2. The van der Waals surface area contributed by atoms with E-state index in [4.69, 9.17) is 9.63 Å². The summed E-state index contributed by atoms with van der Waals surface area (Å²) in [5.74, 6) is -0.320. The van der Waals surface area contributed by atoms with Gasteiger partial charge in [-0.3, -0.25) is 0 Å². The number of rotatable bonds is 3. The van der Waals surface area contributed by atoms with Crippen molar-refractivity contribution in [3.05, 3.63) is 35.2 Å². The first-order valence-electron chi connectivity index (χ1n) is 5.19. The van der Waals surface area contributed by atoms with Crippen molar-refractivity contribution in [2.24, 2.45) is 0 Å². The lowest BCUT2D eigenvalue weighted by Gasteiger charge is -1.95. The van der Waals surface area contributed by atoms with E-state index < -0.39 is 5.97 Å². The lowest BCUT2D eigenvalue weighted by atomic mass is 10.1. The summed E-state index contributed by atoms with van der Waals surface area (Å²) in [4.78, 5) is 14.9. The van der Waals surface area contributed by atoms with Crippen LogP contribution in [0.5, 0.6) is 0 Å². The summed E-state index contributed by atoms with van der Waals surface area (Å²) >= 11 is 1.19. The Morgan fingerprint density at radius 1 is 1.26 bits per heavy atom. The van der Waals surface area contributed by atoms with Gasteiger partial charge in [-0.2, -0.15) is 4.98 Å². The third kappa shape index (κ3) is 2.20. The highest BCUT2D eigenvalue weighted by Gasteiger charge is 2.13. The minimum Gasteiger partial charge on any atom is -0.478 e. The molecule has 3 rings (SSSR count). The predicted octanol–water partition coefficient (Wildman–Crippen LogP) is 1.95. The molecule has 0 aliphatic rings. The standard InChI is InChI=1S/C11H6N4O3S/c16-11(17)7-3-1-6(2-4-7)9-12-10(18-14-9)8-5-19-15-13-8/h1-5H,(H,16,17). The van der Waals surface area contributed by atoms with E-state index in [9.17, 15) is 4.79 Å². The molecular formula is C11H6N4O3S. The fourth-order valence-corrected chi connectivity index (χ4v) is 1.89. The zero-order chi connectivity index (χ0) is 13.2. The van der Waals surface area contributed by atoms with Gasteiger partial charge in [0.15, 0.2) is 5.69 Å². The van der Waals surface area contributed by atoms with Crippen LogP contribution in [0.2, 0.25) is 0 Å². The van der Waals surface area contributed by atoms with Crippen molar-refractivity contribution < 1.29 is 14.4 Å². The normalized spacial score (nSPS) is 10.5. The highest BCUT2D eigenvalue weighted by atomic mass is 32.1. The summed E-state index contributed by atoms with van der Waals surface area (Å²) in [6.07, 6.45) is 0. The van der Waals surface area contributed by atoms with Crippen LogP contribution in [0.1, 0.15) is 10.4 Å². The predicted molar refractivity (Wildman–Crippen MR) is 65.6 cm³/mol. The number of carbonyl (C=O) groups is 1. The summed E-state index contributed by atoms with van der Waals surface area (Å²) in [5, 5.41) is 18.2. The molecule has 2 aromatic heterocycles. The van der Waals surface area contributed by atoms with Gasteiger partial charge in [0.1, 0.15) is 0 Å². The van der Waals surface area contributed by atoms with Gasteiger partial charge in [-0.15, -0.1) is 5.10 Å². The number of carboxylic acid groups (broad SMARTS) is 1. The molecule has 0 fully saturated rings. The van der Waals surface area contributed by atoms with Gasteiger partial charge in [0, 0.05) is 10.9 Å². The lowest BCUT2D eigenvalue weighted by Crippen LogP contribution is -1.95. The maximum Gasteiger partial charge on any atom is 0.335 e. The highest BCUT2D eigenvalue weighted by Crippen LogP contribution is 2.21. The molecule has 0 atom stereocenters. The Kier molecular flexibility index (Phi) is 2.76. The molecule has 94 valence electrons. The average molecular weight is 274 g/mol. The molecule has 7 nitrogen and oxygen atoms in total. The van der Waals surface area contributed by atoms with Crippen LogP contribution in [0.25, 0.3) is 23.0 Å². The van der Waals surface area contributed by atoms with Crippen LogP contribution in [0.15, 0.2) is 34.2 Å². The van der Waals surface area contributed by atoms with Crippen molar-refractivity contribution in [2.75, 3.05) is 0 Å². The molecule has 0 radical (unpaired) electrons. The van der Waals surface area contributed by atoms with Crippen molar-refractivity contribution in [2.45, 2.75) is 0 Å². The van der Waals surface area contributed by atoms with Crippen LogP contribution in [-0.2, 0) is 0 Å². The molecule has 0 saturated carbocycles. The average Bonchev–Trinajstić information content (AvgIpc) is 3.10. The van der Waals surface area contributed by atoms with Crippen molar-refractivity contribution in [1.29, 1.82) is 0 Å². The number of hydrogen-bond acceptors (Lipinski definition) is 7. The van der Waals surface area contributed by atoms with Crippen LogP contribution in [0.4, 0.5) is 0 Å². The molecule has 0 bridgehead atoms. The molecule has 0 unspecified atom stereocenters. The van der Waals surface area contributed by atoms with Crippen LogP contribution >= 0.6 is 11.5 Å². The number of aromatic carboxylic acids is 1. The molecule has 0 aliphatic carbocycles. The molecule has 1 aromatic carbocycles. The van der Waals surface area contributed by atoms with Crippen LogP contribution in [0, 0.1) is 0 Å². The fourth-order valence-electron chi connectivity index (χ4n) is 1.46. The van der Waals surface area contributed by atoms with E-state index in [1.165, 1.54) is 23.7 Å². The monoisotopic (exact) mass is 274 g/mol. The minimum atomic E-state index is -0.978. The first kappa shape index (κ1) is 11.5. The number of carboxylic acids is 1. The third-order valence-electron chi connectivity index (χ3n) is 2.40. The Morgan fingerprint density at radius 3 is 2.68 bits per heavy atom. The summed E-state index contributed by atoms with van der Waals surface area (Å²) in [7, 11) is 0. The van der Waals surface area contributed by atoms with Crippen LogP contribution < -0.4 is 0 Å². The maximum absolute atomic E-state index is 10.7. The summed E-state index contributed by atoms with van der Waals surface area (Å²) in [5.41, 5.74) is 1.39. The van der Waals surface area contributed by atoms with Crippen molar-refractivity contribution in [1.82, 2.24) is 19.7 Å². The number of nitrogens with zero attached hydrogens (tertiary/aromatic N) is 4. The molecule has 0 saturated heterocycles. The fraction of sp³-hybridized carbons (Fsp3) is 0. The zero-order valence-electron chi connectivity index (χ0n) is 9.35. The second kappa shape index (κ2) is 4.58. The first-order valence-corrected chi connectivity index (χ1v) is 6.02. The smallest absolute Gasteiger partial charge is 0.335 e. The third-order valence-corrected chi connectivity index (χ3v) is 2.90. The largest absolute Gasteiger partial charge is 0.478 e. The molecule has 0 aliphatic heterocycles. The van der Waals surface area contributed by atoms with Gasteiger partial charge in [0.25, 0.3) is 5.89 Å². The van der Waals surface area contributed by atoms with Crippen LogP contribution in [-0.4, -0.2) is 30.8 Å². The summed E-state index contributed by atoms with van der Waals surface area (Å²) < 4.78 is 8.78. The van der Waals surface area contributed by atoms with E-state index in [1.54, 1.807) is 17.5 Å². The molecule has 8 heteroatoms. The van der Waals surface area contributed by atoms with Gasteiger partial charge in [-0.05, 0) is 23.7 Å². The van der Waals surface area contributed by atoms with Gasteiger partial charge in [0.05, 0.1) is 5.56 Å². The molecule has 0 spiro atoms. The van der Waals surface area contributed by atoms with Crippen molar-refractivity contribution in [3.63, 3.8) is 0 Å².